The van der Waals surface area contributed by atoms with Crippen molar-refractivity contribution < 1.29 is 18.9 Å². The normalized spacial score (nSPS) is 15.1. The van der Waals surface area contributed by atoms with Crippen LogP contribution in [0.25, 0.3) is 10.9 Å². The maximum absolute atomic E-state index is 5.54. The van der Waals surface area contributed by atoms with Crippen molar-refractivity contribution >= 4 is 28.4 Å². The van der Waals surface area contributed by atoms with Crippen LogP contribution < -0.4 is 29.2 Å². The molecule has 37 heavy (non-hydrogen) atoms. The third-order valence-corrected chi connectivity index (χ3v) is 6.72. The third-order valence-electron chi connectivity index (χ3n) is 6.72. The van der Waals surface area contributed by atoms with Gasteiger partial charge in [0, 0.05) is 49.9 Å². The molecule has 1 N–H and O–H groups in total. The van der Waals surface area contributed by atoms with Crippen molar-refractivity contribution in [3.05, 3.63) is 66.2 Å². The Labute approximate surface area is 215 Å². The number of para-hydroxylation sites is 1. The zero-order valence-electron chi connectivity index (χ0n) is 20.9. The Morgan fingerprint density at radius 2 is 1.59 bits per heavy atom. The molecule has 0 saturated carbocycles. The van der Waals surface area contributed by atoms with E-state index in [4.69, 9.17) is 28.9 Å². The van der Waals surface area contributed by atoms with Crippen molar-refractivity contribution in [1.82, 2.24) is 14.9 Å². The van der Waals surface area contributed by atoms with E-state index in [-0.39, 0.29) is 0 Å². The van der Waals surface area contributed by atoms with Crippen LogP contribution in [-0.2, 0) is 6.54 Å². The van der Waals surface area contributed by atoms with Crippen molar-refractivity contribution in [1.29, 1.82) is 0 Å². The second kappa shape index (κ2) is 10.0. The summed E-state index contributed by atoms with van der Waals surface area (Å²) in [4.78, 5) is 14.6. The lowest BCUT2D eigenvalue weighted by molar-refractivity contribution is 0.174. The SMILES string of the molecule is COc1cc2nc(N3CCN(Cc4ccc5c(c4)OCO5)CC3)nc(Nc3ccccc3)c2cc1OC. The molecular weight excluding hydrogens is 470 g/mol. The van der Waals surface area contributed by atoms with Crippen LogP contribution in [0.1, 0.15) is 5.56 Å². The van der Waals surface area contributed by atoms with Crippen LogP contribution in [0.3, 0.4) is 0 Å². The fraction of sp³-hybridized carbons (Fsp3) is 0.286. The van der Waals surface area contributed by atoms with Crippen LogP contribution in [-0.4, -0.2) is 62.1 Å². The summed E-state index contributed by atoms with van der Waals surface area (Å²) in [7, 11) is 3.26. The molecule has 9 heteroatoms. The number of nitrogens with one attached hydrogen (secondary N) is 1. The number of hydrogen-bond donors (Lipinski definition) is 1. The number of hydrogen-bond acceptors (Lipinski definition) is 9. The zero-order valence-corrected chi connectivity index (χ0v) is 20.9. The van der Waals surface area contributed by atoms with E-state index in [1.165, 1.54) is 5.56 Å². The van der Waals surface area contributed by atoms with Gasteiger partial charge in [-0.25, -0.2) is 4.98 Å². The highest BCUT2D eigenvalue weighted by atomic mass is 16.7. The molecule has 2 aliphatic heterocycles. The van der Waals surface area contributed by atoms with E-state index >= 15 is 0 Å². The van der Waals surface area contributed by atoms with Crippen LogP contribution in [0.15, 0.2) is 60.7 Å². The van der Waals surface area contributed by atoms with E-state index in [0.29, 0.717) is 24.2 Å². The summed E-state index contributed by atoms with van der Waals surface area (Å²) >= 11 is 0. The number of rotatable bonds is 7. The van der Waals surface area contributed by atoms with Crippen molar-refractivity contribution in [2.75, 3.05) is 57.4 Å². The summed E-state index contributed by atoms with van der Waals surface area (Å²) in [5.41, 5.74) is 2.97. The molecule has 0 unspecified atom stereocenters. The quantitative estimate of drug-likeness (QED) is 0.397. The van der Waals surface area contributed by atoms with Gasteiger partial charge >= 0.3 is 0 Å². The topological polar surface area (TPSA) is 81.2 Å². The number of aromatic nitrogens is 2. The van der Waals surface area contributed by atoms with Gasteiger partial charge in [0.15, 0.2) is 23.0 Å². The third kappa shape index (κ3) is 4.77. The zero-order chi connectivity index (χ0) is 25.2. The summed E-state index contributed by atoms with van der Waals surface area (Å²) in [6, 6.07) is 20.0. The fourth-order valence-corrected chi connectivity index (χ4v) is 4.74. The first-order valence-electron chi connectivity index (χ1n) is 12.3. The molecule has 190 valence electrons. The van der Waals surface area contributed by atoms with Crippen LogP contribution in [0.5, 0.6) is 23.0 Å². The van der Waals surface area contributed by atoms with Crippen molar-refractivity contribution in [3.8, 4) is 23.0 Å². The molecule has 0 amide bonds. The Morgan fingerprint density at radius 1 is 0.838 bits per heavy atom. The Balaban J connectivity index is 1.24. The Hall–Kier alpha value is -4.24. The number of anilines is 3. The molecule has 3 heterocycles. The van der Waals surface area contributed by atoms with Gasteiger partial charge in [-0.05, 0) is 35.9 Å². The van der Waals surface area contributed by atoms with Gasteiger partial charge < -0.3 is 29.2 Å². The molecule has 9 nitrogen and oxygen atoms in total. The van der Waals surface area contributed by atoms with Gasteiger partial charge in [-0.3, -0.25) is 4.90 Å². The van der Waals surface area contributed by atoms with Crippen molar-refractivity contribution in [2.45, 2.75) is 6.54 Å². The van der Waals surface area contributed by atoms with Gasteiger partial charge in [0.05, 0.1) is 19.7 Å². The predicted molar refractivity (Wildman–Crippen MR) is 142 cm³/mol. The Bertz CT molecular complexity index is 1410. The van der Waals surface area contributed by atoms with Gasteiger partial charge in [-0.15, -0.1) is 0 Å². The van der Waals surface area contributed by atoms with Crippen molar-refractivity contribution in [3.63, 3.8) is 0 Å². The van der Waals surface area contributed by atoms with Gasteiger partial charge in [0.2, 0.25) is 12.7 Å². The molecule has 0 radical (unpaired) electrons. The van der Waals surface area contributed by atoms with E-state index in [1.54, 1.807) is 14.2 Å². The number of benzene rings is 3. The average molecular weight is 500 g/mol. The highest BCUT2D eigenvalue weighted by Crippen LogP contribution is 2.36. The van der Waals surface area contributed by atoms with E-state index in [0.717, 1.165) is 66.6 Å². The van der Waals surface area contributed by atoms with E-state index in [1.807, 2.05) is 48.5 Å². The molecule has 0 aliphatic carbocycles. The molecule has 0 atom stereocenters. The van der Waals surface area contributed by atoms with E-state index < -0.39 is 0 Å². The molecule has 0 bridgehead atoms. The Kier molecular flexibility index (Phi) is 6.28. The van der Waals surface area contributed by atoms with Crippen LogP contribution in [0, 0.1) is 0 Å². The lowest BCUT2D eigenvalue weighted by Gasteiger charge is -2.35. The maximum atomic E-state index is 5.54. The molecule has 1 aromatic heterocycles. The van der Waals surface area contributed by atoms with Crippen LogP contribution in [0.2, 0.25) is 0 Å². The van der Waals surface area contributed by atoms with Gasteiger partial charge in [0.25, 0.3) is 0 Å². The summed E-state index contributed by atoms with van der Waals surface area (Å²) in [5, 5.41) is 4.34. The highest BCUT2D eigenvalue weighted by Gasteiger charge is 2.22. The average Bonchev–Trinajstić information content (AvgIpc) is 3.41. The molecule has 6 rings (SSSR count). The highest BCUT2D eigenvalue weighted by molar-refractivity contribution is 5.94. The van der Waals surface area contributed by atoms with E-state index in [9.17, 15) is 0 Å². The van der Waals surface area contributed by atoms with Crippen LogP contribution in [0.4, 0.5) is 17.5 Å². The maximum Gasteiger partial charge on any atom is 0.231 e. The summed E-state index contributed by atoms with van der Waals surface area (Å²) in [6.07, 6.45) is 0. The first-order valence-corrected chi connectivity index (χ1v) is 12.3. The smallest absolute Gasteiger partial charge is 0.231 e. The van der Waals surface area contributed by atoms with Gasteiger partial charge in [-0.1, -0.05) is 24.3 Å². The monoisotopic (exact) mass is 499 g/mol. The molecule has 2 aliphatic rings. The molecule has 1 saturated heterocycles. The lowest BCUT2D eigenvalue weighted by Crippen LogP contribution is -2.46. The van der Waals surface area contributed by atoms with Crippen LogP contribution >= 0.6 is 0 Å². The minimum atomic E-state index is 0.295. The van der Waals surface area contributed by atoms with Gasteiger partial charge in [-0.2, -0.15) is 4.98 Å². The number of piperazine rings is 1. The summed E-state index contributed by atoms with van der Waals surface area (Å²) in [6.45, 7) is 4.62. The first kappa shape index (κ1) is 23.2. The second-order valence-corrected chi connectivity index (χ2v) is 9.04. The molecule has 0 spiro atoms. The minimum Gasteiger partial charge on any atom is -0.493 e. The number of methoxy groups -OCH3 is 2. The lowest BCUT2D eigenvalue weighted by atomic mass is 10.1. The van der Waals surface area contributed by atoms with Gasteiger partial charge in [0.1, 0.15) is 5.82 Å². The number of ether oxygens (including phenoxy) is 4. The predicted octanol–water partition coefficient (Wildman–Crippen LogP) is 4.44. The number of nitrogens with zero attached hydrogens (tertiary/aromatic N) is 4. The molecule has 4 aromatic rings. The second-order valence-electron chi connectivity index (χ2n) is 9.04. The molecule has 1 fully saturated rings. The molecular formula is C28H29N5O4. The Morgan fingerprint density at radius 3 is 2.38 bits per heavy atom. The van der Waals surface area contributed by atoms with E-state index in [2.05, 4.69) is 27.2 Å². The largest absolute Gasteiger partial charge is 0.493 e. The molecule has 3 aromatic carbocycles. The standard InChI is InChI=1S/C28H29N5O4/c1-34-24-15-21-22(16-25(24)35-2)30-28(31-27(21)29-20-6-4-3-5-7-20)33-12-10-32(11-13-33)17-19-8-9-23-26(14-19)37-18-36-23/h3-9,14-16H,10-13,17-18H2,1-2H3,(H,29,30,31). The summed E-state index contributed by atoms with van der Waals surface area (Å²) in [5.74, 6) is 4.34. The van der Waals surface area contributed by atoms with Crippen molar-refractivity contribution in [2.24, 2.45) is 0 Å². The first-order chi connectivity index (χ1) is 18.2. The fourth-order valence-electron chi connectivity index (χ4n) is 4.74. The minimum absolute atomic E-state index is 0.295. The summed E-state index contributed by atoms with van der Waals surface area (Å²) < 4.78 is 22.1. The number of fused-ring (bicyclic) bond motifs is 2.